The molecule has 1 amide bonds. The smallest absolute Gasteiger partial charge is 0.243 e. The molecular formula is C15H22FN3O3S. The number of halogens is 1. The van der Waals surface area contributed by atoms with Gasteiger partial charge in [0.25, 0.3) is 0 Å². The minimum atomic E-state index is -3.67. The van der Waals surface area contributed by atoms with Crippen molar-refractivity contribution < 1.29 is 17.6 Å². The van der Waals surface area contributed by atoms with Gasteiger partial charge < -0.3 is 10.6 Å². The average molecular weight is 343 g/mol. The number of piperazine rings is 1. The van der Waals surface area contributed by atoms with Crippen molar-refractivity contribution in [2.45, 2.75) is 24.2 Å². The molecule has 0 radical (unpaired) electrons. The van der Waals surface area contributed by atoms with Crippen LogP contribution in [0.5, 0.6) is 0 Å². The van der Waals surface area contributed by atoms with Gasteiger partial charge >= 0.3 is 0 Å². The van der Waals surface area contributed by atoms with Crippen LogP contribution in [0.1, 0.15) is 19.3 Å². The van der Waals surface area contributed by atoms with Gasteiger partial charge in [-0.15, -0.1) is 0 Å². The van der Waals surface area contributed by atoms with E-state index in [0.29, 0.717) is 25.2 Å². The lowest BCUT2D eigenvalue weighted by molar-refractivity contribution is -0.122. The maximum Gasteiger partial charge on any atom is 0.243 e. The van der Waals surface area contributed by atoms with Gasteiger partial charge in [0.15, 0.2) is 0 Å². The maximum atomic E-state index is 12.6. The summed E-state index contributed by atoms with van der Waals surface area (Å²) >= 11 is 0. The van der Waals surface area contributed by atoms with Gasteiger partial charge in [0.05, 0.1) is 18.1 Å². The first-order valence-electron chi connectivity index (χ1n) is 7.71. The topological polar surface area (TPSA) is 78.5 Å². The van der Waals surface area contributed by atoms with E-state index in [4.69, 9.17) is 0 Å². The Labute approximate surface area is 136 Å². The van der Waals surface area contributed by atoms with Crippen molar-refractivity contribution in [2.75, 3.05) is 38.2 Å². The second kappa shape index (κ2) is 8.26. The van der Waals surface area contributed by atoms with Crippen molar-refractivity contribution >= 4 is 21.6 Å². The van der Waals surface area contributed by atoms with Crippen molar-refractivity contribution in [1.29, 1.82) is 0 Å². The molecule has 0 aliphatic carbocycles. The summed E-state index contributed by atoms with van der Waals surface area (Å²) in [6, 6.07) is 6.55. The average Bonchev–Trinajstić information content (AvgIpc) is 2.55. The van der Waals surface area contributed by atoms with Crippen LogP contribution in [0.25, 0.3) is 0 Å². The van der Waals surface area contributed by atoms with Crippen LogP contribution in [0, 0.1) is 0 Å². The second-order valence-corrected chi connectivity index (χ2v) is 7.33. The first-order valence-corrected chi connectivity index (χ1v) is 9.15. The summed E-state index contributed by atoms with van der Waals surface area (Å²) in [6.07, 6.45) is 2.17. The van der Waals surface area contributed by atoms with Crippen LogP contribution in [-0.2, 0) is 14.8 Å². The lowest BCUT2D eigenvalue weighted by Gasteiger charge is -2.26. The Bertz CT molecular complexity index is 637. The van der Waals surface area contributed by atoms with Gasteiger partial charge in [0.2, 0.25) is 15.9 Å². The molecule has 23 heavy (non-hydrogen) atoms. The number of unbranched alkanes of at least 4 members (excludes halogenated alkanes) is 2. The first kappa shape index (κ1) is 17.7. The number of benzene rings is 1. The van der Waals surface area contributed by atoms with Crippen molar-refractivity contribution in [3.8, 4) is 0 Å². The lowest BCUT2D eigenvalue weighted by atomic mass is 10.2. The number of alkyl halides is 1. The summed E-state index contributed by atoms with van der Waals surface area (Å²) in [5.74, 6) is -0.290. The molecule has 2 rings (SSSR count). The first-order chi connectivity index (χ1) is 11.0. The molecule has 1 fully saturated rings. The number of hydrogen-bond donors (Lipinski definition) is 2. The zero-order valence-electron chi connectivity index (χ0n) is 12.9. The summed E-state index contributed by atoms with van der Waals surface area (Å²) in [7, 11) is -3.67. The number of carbonyl (C=O) groups is 1. The second-order valence-electron chi connectivity index (χ2n) is 5.39. The number of hydrogen-bond acceptors (Lipinski definition) is 4. The number of sulfonamides is 1. The zero-order valence-corrected chi connectivity index (χ0v) is 13.7. The third-order valence-electron chi connectivity index (χ3n) is 3.61. The van der Waals surface area contributed by atoms with Crippen LogP contribution in [-0.4, -0.2) is 51.5 Å². The molecule has 0 aromatic heterocycles. The highest BCUT2D eigenvalue weighted by atomic mass is 32.2. The SMILES string of the molecule is O=C1CN(S(=O)(=O)c2cccc(NCCCCCF)c2)CCN1. The lowest BCUT2D eigenvalue weighted by Crippen LogP contribution is -2.49. The van der Waals surface area contributed by atoms with Gasteiger partial charge in [0.1, 0.15) is 0 Å². The summed E-state index contributed by atoms with van der Waals surface area (Å²) in [5.41, 5.74) is 0.702. The van der Waals surface area contributed by atoms with E-state index in [9.17, 15) is 17.6 Å². The maximum absolute atomic E-state index is 12.6. The van der Waals surface area contributed by atoms with Gasteiger partial charge in [-0.25, -0.2) is 8.42 Å². The summed E-state index contributed by atoms with van der Waals surface area (Å²) in [4.78, 5) is 11.6. The van der Waals surface area contributed by atoms with Gasteiger partial charge in [-0.1, -0.05) is 6.07 Å². The van der Waals surface area contributed by atoms with E-state index in [1.54, 1.807) is 18.2 Å². The molecule has 1 aliphatic rings. The number of nitrogens with one attached hydrogen (secondary N) is 2. The van der Waals surface area contributed by atoms with E-state index < -0.39 is 10.0 Å². The van der Waals surface area contributed by atoms with Crippen molar-refractivity contribution in [3.63, 3.8) is 0 Å². The Morgan fingerprint density at radius 2 is 2.09 bits per heavy atom. The molecule has 1 aromatic rings. The summed E-state index contributed by atoms with van der Waals surface area (Å²) in [6.45, 7) is 0.801. The van der Waals surface area contributed by atoms with Crippen LogP contribution < -0.4 is 10.6 Å². The van der Waals surface area contributed by atoms with Crippen LogP contribution in [0.3, 0.4) is 0 Å². The Kier molecular flexibility index (Phi) is 6.35. The molecule has 1 saturated heterocycles. The highest BCUT2D eigenvalue weighted by molar-refractivity contribution is 7.89. The Balaban J connectivity index is 2.01. The van der Waals surface area contributed by atoms with Crippen LogP contribution in [0.4, 0.5) is 10.1 Å². The fourth-order valence-electron chi connectivity index (χ4n) is 2.36. The summed E-state index contributed by atoms with van der Waals surface area (Å²) < 4.78 is 38.4. The number of rotatable bonds is 8. The van der Waals surface area contributed by atoms with Gasteiger partial charge in [-0.05, 0) is 37.5 Å². The van der Waals surface area contributed by atoms with E-state index in [1.807, 2.05) is 0 Å². The molecule has 6 nitrogen and oxygen atoms in total. The molecular weight excluding hydrogens is 321 g/mol. The van der Waals surface area contributed by atoms with Crippen molar-refractivity contribution in [1.82, 2.24) is 9.62 Å². The molecule has 0 atom stereocenters. The van der Waals surface area contributed by atoms with E-state index in [1.165, 1.54) is 10.4 Å². The standard InChI is InChI=1S/C15H22FN3O3S/c16-7-2-1-3-8-17-13-5-4-6-14(11-13)23(21,22)19-10-9-18-15(20)12-19/h4-6,11,17H,1-3,7-10,12H2,(H,18,20). The van der Waals surface area contributed by atoms with Crippen molar-refractivity contribution in [3.05, 3.63) is 24.3 Å². The molecule has 1 aliphatic heterocycles. The van der Waals surface area contributed by atoms with Crippen LogP contribution in [0.15, 0.2) is 29.2 Å². The Hall–Kier alpha value is -1.67. The molecule has 0 saturated carbocycles. The minimum absolute atomic E-state index is 0.150. The quantitative estimate of drug-likeness (QED) is 0.699. The molecule has 1 aromatic carbocycles. The molecule has 0 bridgehead atoms. The predicted octanol–water partition coefficient (Wildman–Crippen LogP) is 1.36. The normalized spacial score (nSPS) is 16.1. The van der Waals surface area contributed by atoms with E-state index in [-0.39, 0.29) is 30.6 Å². The molecule has 0 spiro atoms. The van der Waals surface area contributed by atoms with E-state index >= 15 is 0 Å². The fourth-order valence-corrected chi connectivity index (χ4v) is 3.81. The van der Waals surface area contributed by atoms with Gasteiger partial charge in [0, 0.05) is 25.3 Å². The highest BCUT2D eigenvalue weighted by Gasteiger charge is 2.29. The molecule has 0 unspecified atom stereocenters. The monoisotopic (exact) mass is 343 g/mol. The van der Waals surface area contributed by atoms with Crippen LogP contribution in [0.2, 0.25) is 0 Å². The molecule has 1 heterocycles. The van der Waals surface area contributed by atoms with Gasteiger partial charge in [-0.3, -0.25) is 9.18 Å². The van der Waals surface area contributed by atoms with Gasteiger partial charge in [-0.2, -0.15) is 4.31 Å². The third-order valence-corrected chi connectivity index (χ3v) is 5.46. The summed E-state index contributed by atoms with van der Waals surface area (Å²) in [5, 5.41) is 5.75. The number of nitrogens with zero attached hydrogens (tertiary/aromatic N) is 1. The third kappa shape index (κ3) is 4.90. The molecule has 8 heteroatoms. The Morgan fingerprint density at radius 1 is 1.26 bits per heavy atom. The number of anilines is 1. The molecule has 2 N–H and O–H groups in total. The minimum Gasteiger partial charge on any atom is -0.385 e. The molecule has 128 valence electrons. The predicted molar refractivity (Wildman–Crippen MR) is 86.5 cm³/mol. The largest absolute Gasteiger partial charge is 0.385 e. The zero-order chi connectivity index (χ0) is 16.7. The van der Waals surface area contributed by atoms with E-state index in [0.717, 1.165) is 12.8 Å². The highest BCUT2D eigenvalue weighted by Crippen LogP contribution is 2.20. The fraction of sp³-hybridized carbons (Fsp3) is 0.533. The van der Waals surface area contributed by atoms with Crippen LogP contribution >= 0.6 is 0 Å². The number of carbonyl (C=O) groups excluding carboxylic acids is 1. The van der Waals surface area contributed by atoms with Crippen molar-refractivity contribution in [2.24, 2.45) is 0 Å². The number of amides is 1. The van der Waals surface area contributed by atoms with E-state index in [2.05, 4.69) is 10.6 Å². The Morgan fingerprint density at radius 3 is 2.83 bits per heavy atom.